The Morgan fingerprint density at radius 1 is 1.23 bits per heavy atom. The van der Waals surface area contributed by atoms with Crippen LogP contribution in [0.3, 0.4) is 0 Å². The molecule has 5 nitrogen and oxygen atoms in total. The molecule has 0 spiro atoms. The lowest BCUT2D eigenvalue weighted by molar-refractivity contribution is -0.117. The van der Waals surface area contributed by atoms with Crippen molar-refractivity contribution in [2.45, 2.75) is 29.2 Å². The van der Waals surface area contributed by atoms with Crippen LogP contribution in [0.2, 0.25) is 0 Å². The average Bonchev–Trinajstić information content (AvgIpc) is 3.09. The maximum Gasteiger partial charge on any atom is 0.240 e. The number of sulfonamides is 1. The SMILES string of the molecule is CNS(=O)(=O)c1ccc2c(c1)CCN2C(=O)C(C)SCc1ccccc1. The van der Waals surface area contributed by atoms with Gasteiger partial charge in [0.1, 0.15) is 0 Å². The van der Waals surface area contributed by atoms with E-state index in [1.165, 1.54) is 12.6 Å². The summed E-state index contributed by atoms with van der Waals surface area (Å²) in [5, 5.41) is -0.165. The van der Waals surface area contributed by atoms with Gasteiger partial charge >= 0.3 is 0 Å². The van der Waals surface area contributed by atoms with Crippen LogP contribution in [0.4, 0.5) is 5.69 Å². The van der Waals surface area contributed by atoms with Crippen LogP contribution in [-0.4, -0.2) is 33.2 Å². The van der Waals surface area contributed by atoms with E-state index in [9.17, 15) is 13.2 Å². The summed E-state index contributed by atoms with van der Waals surface area (Å²) in [6, 6.07) is 15.0. The molecule has 1 atom stereocenters. The second kappa shape index (κ2) is 7.82. The van der Waals surface area contributed by atoms with E-state index in [4.69, 9.17) is 0 Å². The number of amides is 1. The fraction of sp³-hybridized carbons (Fsp3) is 0.316. The molecular formula is C19H22N2O3S2. The van der Waals surface area contributed by atoms with E-state index in [1.54, 1.807) is 34.9 Å². The Hall–Kier alpha value is -1.83. The van der Waals surface area contributed by atoms with E-state index in [1.807, 2.05) is 25.1 Å². The maximum absolute atomic E-state index is 12.8. The van der Waals surface area contributed by atoms with E-state index in [-0.39, 0.29) is 16.1 Å². The molecule has 138 valence electrons. The second-order valence-electron chi connectivity index (χ2n) is 6.18. The Morgan fingerprint density at radius 2 is 1.96 bits per heavy atom. The molecule has 1 aliphatic heterocycles. The third-order valence-electron chi connectivity index (χ3n) is 4.48. The Bertz CT molecular complexity index is 898. The van der Waals surface area contributed by atoms with Crippen LogP contribution < -0.4 is 9.62 Å². The largest absolute Gasteiger partial charge is 0.311 e. The van der Waals surface area contributed by atoms with Crippen molar-refractivity contribution in [3.63, 3.8) is 0 Å². The van der Waals surface area contributed by atoms with Gasteiger partial charge < -0.3 is 4.90 Å². The van der Waals surface area contributed by atoms with Crippen LogP contribution in [0.1, 0.15) is 18.1 Å². The van der Waals surface area contributed by atoms with Gasteiger partial charge in [-0.25, -0.2) is 13.1 Å². The molecule has 26 heavy (non-hydrogen) atoms. The smallest absolute Gasteiger partial charge is 0.240 e. The molecule has 0 saturated carbocycles. The van der Waals surface area contributed by atoms with Crippen molar-refractivity contribution in [2.24, 2.45) is 0 Å². The number of rotatable bonds is 6. The number of carbonyl (C=O) groups is 1. The van der Waals surface area contributed by atoms with Crippen molar-refractivity contribution in [3.05, 3.63) is 59.7 Å². The van der Waals surface area contributed by atoms with Crippen molar-refractivity contribution < 1.29 is 13.2 Å². The molecule has 0 saturated heterocycles. The van der Waals surface area contributed by atoms with Crippen molar-refractivity contribution in [1.82, 2.24) is 4.72 Å². The molecule has 2 aromatic carbocycles. The predicted octanol–water partition coefficient (Wildman–Crippen LogP) is 2.81. The second-order valence-corrected chi connectivity index (χ2v) is 9.39. The Balaban J connectivity index is 1.71. The molecule has 1 aliphatic rings. The van der Waals surface area contributed by atoms with Gasteiger partial charge in [-0.1, -0.05) is 30.3 Å². The molecule has 1 amide bonds. The van der Waals surface area contributed by atoms with Gasteiger partial charge in [-0.15, -0.1) is 11.8 Å². The highest BCUT2D eigenvalue weighted by Crippen LogP contribution is 2.32. The molecule has 1 N–H and O–H groups in total. The number of hydrogen-bond donors (Lipinski definition) is 1. The highest BCUT2D eigenvalue weighted by atomic mass is 32.2. The third-order valence-corrected chi connectivity index (χ3v) is 7.10. The molecule has 2 aromatic rings. The molecular weight excluding hydrogens is 368 g/mol. The van der Waals surface area contributed by atoms with Crippen molar-refractivity contribution >= 4 is 33.4 Å². The number of hydrogen-bond acceptors (Lipinski definition) is 4. The predicted molar refractivity (Wildman–Crippen MR) is 106 cm³/mol. The lowest BCUT2D eigenvalue weighted by atomic mass is 10.2. The minimum Gasteiger partial charge on any atom is -0.311 e. The van der Waals surface area contributed by atoms with Crippen molar-refractivity contribution in [2.75, 3.05) is 18.5 Å². The van der Waals surface area contributed by atoms with Gasteiger partial charge in [0.05, 0.1) is 10.1 Å². The minimum atomic E-state index is -3.47. The number of nitrogens with one attached hydrogen (secondary N) is 1. The van der Waals surface area contributed by atoms with E-state index >= 15 is 0 Å². The highest BCUT2D eigenvalue weighted by Gasteiger charge is 2.29. The van der Waals surface area contributed by atoms with Gasteiger partial charge in [-0.3, -0.25) is 4.79 Å². The van der Waals surface area contributed by atoms with Crippen LogP contribution in [0, 0.1) is 0 Å². The van der Waals surface area contributed by atoms with Crippen LogP contribution in [-0.2, 0) is 27.0 Å². The topological polar surface area (TPSA) is 66.5 Å². The zero-order valence-electron chi connectivity index (χ0n) is 14.8. The van der Waals surface area contributed by atoms with Crippen molar-refractivity contribution in [1.29, 1.82) is 0 Å². The van der Waals surface area contributed by atoms with Crippen LogP contribution in [0.25, 0.3) is 0 Å². The van der Waals surface area contributed by atoms with E-state index in [0.717, 1.165) is 17.0 Å². The van der Waals surface area contributed by atoms with Gasteiger partial charge in [-0.05, 0) is 49.7 Å². The van der Waals surface area contributed by atoms with Gasteiger partial charge in [0, 0.05) is 18.0 Å². The molecule has 0 bridgehead atoms. The molecule has 1 heterocycles. The van der Waals surface area contributed by atoms with Crippen molar-refractivity contribution in [3.8, 4) is 0 Å². The minimum absolute atomic E-state index is 0.0638. The number of nitrogens with zero attached hydrogens (tertiary/aromatic N) is 1. The fourth-order valence-corrected chi connectivity index (χ4v) is 4.66. The van der Waals surface area contributed by atoms with Crippen LogP contribution in [0.15, 0.2) is 53.4 Å². The first-order valence-electron chi connectivity index (χ1n) is 8.46. The molecule has 0 aliphatic carbocycles. The van der Waals surface area contributed by atoms with Gasteiger partial charge in [0.15, 0.2) is 0 Å². The summed E-state index contributed by atoms with van der Waals surface area (Å²) in [5.41, 5.74) is 2.91. The maximum atomic E-state index is 12.8. The van der Waals surface area contributed by atoms with Crippen LogP contribution >= 0.6 is 11.8 Å². The first kappa shape index (κ1) is 18.9. The summed E-state index contributed by atoms with van der Waals surface area (Å²) in [6.45, 7) is 2.52. The molecule has 0 aromatic heterocycles. The van der Waals surface area contributed by atoms with E-state index in [2.05, 4.69) is 16.9 Å². The molecule has 3 rings (SSSR count). The monoisotopic (exact) mass is 390 g/mol. The lowest BCUT2D eigenvalue weighted by Crippen LogP contribution is -2.35. The number of anilines is 1. The Labute approximate surface area is 158 Å². The standard InChI is InChI=1S/C19H22N2O3S2/c1-14(25-13-15-6-4-3-5-7-15)19(22)21-11-10-16-12-17(8-9-18(16)21)26(23,24)20-2/h3-9,12,14,20H,10-11,13H2,1-2H3. The summed E-state index contributed by atoms with van der Waals surface area (Å²) < 4.78 is 26.2. The number of carbonyl (C=O) groups excluding carboxylic acids is 1. The van der Waals surface area contributed by atoms with E-state index in [0.29, 0.717) is 13.0 Å². The fourth-order valence-electron chi connectivity index (χ4n) is 2.98. The Kier molecular flexibility index (Phi) is 5.70. The van der Waals surface area contributed by atoms with Gasteiger partial charge in [0.2, 0.25) is 15.9 Å². The highest BCUT2D eigenvalue weighted by molar-refractivity contribution is 7.99. The molecule has 7 heteroatoms. The first-order chi connectivity index (χ1) is 12.4. The average molecular weight is 391 g/mol. The molecule has 0 fully saturated rings. The zero-order chi connectivity index (χ0) is 18.7. The summed E-state index contributed by atoms with van der Waals surface area (Å²) in [5.74, 6) is 0.849. The van der Waals surface area contributed by atoms with Gasteiger partial charge in [0.25, 0.3) is 0 Å². The normalized spacial score (nSPS) is 14.9. The van der Waals surface area contributed by atoms with Gasteiger partial charge in [-0.2, -0.15) is 0 Å². The number of fused-ring (bicyclic) bond motifs is 1. The zero-order valence-corrected chi connectivity index (χ0v) is 16.4. The van der Waals surface area contributed by atoms with E-state index < -0.39 is 10.0 Å². The summed E-state index contributed by atoms with van der Waals surface area (Å²) >= 11 is 1.61. The summed E-state index contributed by atoms with van der Waals surface area (Å²) in [7, 11) is -2.08. The quantitative estimate of drug-likeness (QED) is 0.824. The first-order valence-corrected chi connectivity index (χ1v) is 11.0. The number of benzene rings is 2. The summed E-state index contributed by atoms with van der Waals surface area (Å²) in [6.07, 6.45) is 0.671. The lowest BCUT2D eigenvalue weighted by Gasteiger charge is -2.21. The molecule has 0 radical (unpaired) electrons. The molecule has 1 unspecified atom stereocenters. The van der Waals surface area contributed by atoms with Crippen LogP contribution in [0.5, 0.6) is 0 Å². The Morgan fingerprint density at radius 3 is 2.65 bits per heavy atom. The summed E-state index contributed by atoms with van der Waals surface area (Å²) in [4.78, 5) is 14.8. The number of thioether (sulfide) groups is 1. The third kappa shape index (κ3) is 3.95.